The number of benzene rings is 1. The summed E-state index contributed by atoms with van der Waals surface area (Å²) in [6.45, 7) is 5.07. The minimum Gasteiger partial charge on any atom is -0.461 e. The SMILES string of the molecule is Cl.Nc1nc(N2CCN(CCCCc3ccccc3)CC2)cc2nc(-c3ccco3)nn12. The lowest BCUT2D eigenvalue weighted by Crippen LogP contribution is -2.47. The van der Waals surface area contributed by atoms with Crippen LogP contribution < -0.4 is 10.6 Å². The summed E-state index contributed by atoms with van der Waals surface area (Å²) in [6, 6.07) is 16.3. The number of aromatic nitrogens is 4. The van der Waals surface area contributed by atoms with Crippen LogP contribution in [0.1, 0.15) is 18.4 Å². The van der Waals surface area contributed by atoms with E-state index < -0.39 is 0 Å². The molecule has 32 heavy (non-hydrogen) atoms. The van der Waals surface area contributed by atoms with Gasteiger partial charge in [-0.1, -0.05) is 30.3 Å². The maximum Gasteiger partial charge on any atom is 0.225 e. The van der Waals surface area contributed by atoms with E-state index in [1.807, 2.05) is 18.2 Å². The summed E-state index contributed by atoms with van der Waals surface area (Å²) in [5.74, 6) is 2.31. The van der Waals surface area contributed by atoms with Crippen molar-refractivity contribution in [2.75, 3.05) is 43.4 Å². The second-order valence-corrected chi connectivity index (χ2v) is 7.93. The first kappa shape index (κ1) is 22.1. The number of aryl methyl sites for hydroxylation is 1. The van der Waals surface area contributed by atoms with Crippen molar-refractivity contribution in [2.45, 2.75) is 19.3 Å². The Hall–Kier alpha value is -3.10. The van der Waals surface area contributed by atoms with E-state index >= 15 is 0 Å². The molecule has 2 N–H and O–H groups in total. The van der Waals surface area contributed by atoms with Gasteiger partial charge in [0.2, 0.25) is 11.8 Å². The Balaban J connectivity index is 0.00000245. The van der Waals surface area contributed by atoms with Crippen LogP contribution in [0.2, 0.25) is 0 Å². The molecular formula is C23H28ClN7O. The number of nitrogens with zero attached hydrogens (tertiary/aromatic N) is 6. The molecule has 0 bridgehead atoms. The van der Waals surface area contributed by atoms with Crippen LogP contribution in [0.15, 0.2) is 59.2 Å². The summed E-state index contributed by atoms with van der Waals surface area (Å²) in [5.41, 5.74) is 8.27. The van der Waals surface area contributed by atoms with E-state index in [9.17, 15) is 0 Å². The standard InChI is InChI=1S/C23H27N7O.ClH/c24-23-26-20(17-21-25-22(27-30(21)23)19-10-6-16-31-19)29-14-12-28(13-15-29)11-5-4-9-18-7-2-1-3-8-18;/h1-3,6-8,10,16-17H,4-5,9,11-15H2,(H2,24,26);1H. The smallest absolute Gasteiger partial charge is 0.225 e. The first-order chi connectivity index (χ1) is 15.3. The minimum absolute atomic E-state index is 0. The summed E-state index contributed by atoms with van der Waals surface area (Å²) in [5, 5.41) is 4.41. The highest BCUT2D eigenvalue weighted by Gasteiger charge is 2.20. The van der Waals surface area contributed by atoms with Crippen LogP contribution in [0.3, 0.4) is 0 Å². The third-order valence-electron chi connectivity index (χ3n) is 5.81. The van der Waals surface area contributed by atoms with E-state index in [0.717, 1.165) is 45.0 Å². The fourth-order valence-electron chi connectivity index (χ4n) is 4.08. The van der Waals surface area contributed by atoms with Gasteiger partial charge in [-0.3, -0.25) is 4.90 Å². The Morgan fingerprint density at radius 2 is 1.75 bits per heavy atom. The molecule has 168 valence electrons. The molecule has 9 heteroatoms. The van der Waals surface area contributed by atoms with Crippen LogP contribution in [-0.2, 0) is 6.42 Å². The monoisotopic (exact) mass is 453 g/mol. The van der Waals surface area contributed by atoms with Crippen LogP contribution >= 0.6 is 12.4 Å². The van der Waals surface area contributed by atoms with Crippen LogP contribution in [0.4, 0.5) is 11.8 Å². The number of piperazine rings is 1. The molecule has 3 aromatic heterocycles. The van der Waals surface area contributed by atoms with Crippen molar-refractivity contribution in [3.63, 3.8) is 0 Å². The van der Waals surface area contributed by atoms with E-state index in [2.05, 4.69) is 55.2 Å². The van der Waals surface area contributed by atoms with Crippen molar-refractivity contribution in [1.29, 1.82) is 0 Å². The second kappa shape index (κ2) is 10.0. The summed E-state index contributed by atoms with van der Waals surface area (Å²) in [7, 11) is 0. The zero-order valence-corrected chi connectivity index (χ0v) is 18.7. The Morgan fingerprint density at radius 1 is 0.938 bits per heavy atom. The Bertz CT molecular complexity index is 1120. The molecule has 0 atom stereocenters. The van der Waals surface area contributed by atoms with Crippen molar-refractivity contribution < 1.29 is 4.42 Å². The second-order valence-electron chi connectivity index (χ2n) is 7.93. The number of nitrogen functional groups attached to an aromatic ring is 1. The number of hydrogen-bond acceptors (Lipinski definition) is 7. The maximum absolute atomic E-state index is 6.17. The van der Waals surface area contributed by atoms with Gasteiger partial charge in [-0.2, -0.15) is 9.50 Å². The third kappa shape index (κ3) is 4.87. The zero-order valence-electron chi connectivity index (χ0n) is 17.9. The van der Waals surface area contributed by atoms with E-state index in [1.54, 1.807) is 10.8 Å². The number of furan rings is 1. The molecule has 0 radical (unpaired) electrons. The van der Waals surface area contributed by atoms with E-state index in [1.165, 1.54) is 18.4 Å². The lowest BCUT2D eigenvalue weighted by molar-refractivity contribution is 0.252. The molecule has 0 saturated carbocycles. The molecule has 8 nitrogen and oxygen atoms in total. The normalized spacial score (nSPS) is 14.6. The van der Waals surface area contributed by atoms with Gasteiger partial charge < -0.3 is 15.1 Å². The molecule has 1 saturated heterocycles. The minimum atomic E-state index is 0. The molecule has 1 aliphatic heterocycles. The Labute approximate surface area is 193 Å². The molecule has 1 fully saturated rings. The van der Waals surface area contributed by atoms with Gasteiger partial charge >= 0.3 is 0 Å². The molecule has 0 amide bonds. The van der Waals surface area contributed by atoms with E-state index in [0.29, 0.717) is 23.2 Å². The lowest BCUT2D eigenvalue weighted by Gasteiger charge is -2.35. The Kier molecular flexibility index (Phi) is 6.92. The first-order valence-corrected chi connectivity index (χ1v) is 10.8. The van der Waals surface area contributed by atoms with Gasteiger partial charge in [0, 0.05) is 32.2 Å². The van der Waals surface area contributed by atoms with Gasteiger partial charge in [-0.25, -0.2) is 4.98 Å². The highest BCUT2D eigenvalue weighted by atomic mass is 35.5. The predicted molar refractivity (Wildman–Crippen MR) is 128 cm³/mol. The zero-order chi connectivity index (χ0) is 21.0. The van der Waals surface area contributed by atoms with Crippen LogP contribution in [0, 0.1) is 0 Å². The molecule has 0 spiro atoms. The van der Waals surface area contributed by atoms with Crippen molar-refractivity contribution in [1.82, 2.24) is 24.5 Å². The quantitative estimate of drug-likeness (QED) is 0.428. The summed E-state index contributed by atoms with van der Waals surface area (Å²) >= 11 is 0. The van der Waals surface area contributed by atoms with Crippen LogP contribution in [0.25, 0.3) is 17.2 Å². The van der Waals surface area contributed by atoms with Crippen molar-refractivity contribution in [3.05, 3.63) is 60.4 Å². The molecule has 4 aromatic rings. The molecular weight excluding hydrogens is 426 g/mol. The van der Waals surface area contributed by atoms with Crippen LogP contribution in [-0.4, -0.2) is 57.2 Å². The number of fused-ring (bicyclic) bond motifs is 1. The number of rotatable bonds is 7. The fourth-order valence-corrected chi connectivity index (χ4v) is 4.08. The topological polar surface area (TPSA) is 88.7 Å². The highest BCUT2D eigenvalue weighted by molar-refractivity contribution is 5.85. The largest absolute Gasteiger partial charge is 0.461 e. The average molecular weight is 454 g/mol. The molecule has 5 rings (SSSR count). The number of halogens is 1. The van der Waals surface area contributed by atoms with E-state index in [-0.39, 0.29) is 12.4 Å². The predicted octanol–water partition coefficient (Wildman–Crippen LogP) is 3.53. The van der Waals surface area contributed by atoms with Gasteiger partial charge in [0.25, 0.3) is 0 Å². The molecule has 0 aliphatic carbocycles. The van der Waals surface area contributed by atoms with Crippen molar-refractivity contribution >= 4 is 29.8 Å². The lowest BCUT2D eigenvalue weighted by atomic mass is 10.1. The molecule has 0 unspecified atom stereocenters. The highest BCUT2D eigenvalue weighted by Crippen LogP contribution is 2.22. The Morgan fingerprint density at radius 3 is 2.50 bits per heavy atom. The molecule has 4 heterocycles. The summed E-state index contributed by atoms with van der Waals surface area (Å²) in [6.07, 6.45) is 5.21. The maximum atomic E-state index is 6.17. The summed E-state index contributed by atoms with van der Waals surface area (Å²) in [4.78, 5) is 13.9. The number of nitrogens with two attached hydrogens (primary N) is 1. The van der Waals surface area contributed by atoms with Crippen molar-refractivity contribution in [2.24, 2.45) is 0 Å². The van der Waals surface area contributed by atoms with Gasteiger partial charge in [0.05, 0.1) is 6.26 Å². The van der Waals surface area contributed by atoms with Gasteiger partial charge in [-0.15, -0.1) is 17.5 Å². The van der Waals surface area contributed by atoms with Crippen molar-refractivity contribution in [3.8, 4) is 11.6 Å². The van der Waals surface area contributed by atoms with Crippen LogP contribution in [0.5, 0.6) is 0 Å². The number of unbranched alkanes of at least 4 members (excludes halogenated alkanes) is 1. The molecule has 1 aromatic carbocycles. The van der Waals surface area contributed by atoms with Gasteiger partial charge in [-0.05, 0) is 43.5 Å². The number of anilines is 2. The van der Waals surface area contributed by atoms with Gasteiger partial charge in [0.15, 0.2) is 11.4 Å². The average Bonchev–Trinajstić information content (AvgIpc) is 3.48. The molecule has 1 aliphatic rings. The van der Waals surface area contributed by atoms with Gasteiger partial charge in [0.1, 0.15) is 5.82 Å². The fraction of sp³-hybridized carbons (Fsp3) is 0.348. The summed E-state index contributed by atoms with van der Waals surface area (Å²) < 4.78 is 6.96. The van der Waals surface area contributed by atoms with E-state index in [4.69, 9.17) is 10.2 Å². The first-order valence-electron chi connectivity index (χ1n) is 10.8. The third-order valence-corrected chi connectivity index (χ3v) is 5.81. The number of hydrogen-bond donors (Lipinski definition) is 1.